The fourth-order valence-electron chi connectivity index (χ4n) is 3.74. The average Bonchev–Trinajstić information content (AvgIpc) is 2.77. The van der Waals surface area contributed by atoms with Crippen molar-refractivity contribution in [2.75, 3.05) is 13.2 Å². The van der Waals surface area contributed by atoms with Gasteiger partial charge in [-0.05, 0) is 51.0 Å². The molecule has 1 heterocycles. The van der Waals surface area contributed by atoms with E-state index < -0.39 is 35.3 Å². The minimum absolute atomic E-state index is 0.0111. The number of ether oxygens (including phenoxy) is 1. The molecule has 1 amide bonds. The van der Waals surface area contributed by atoms with Crippen molar-refractivity contribution in [2.45, 2.75) is 71.2 Å². The lowest BCUT2D eigenvalue weighted by Gasteiger charge is -2.31. The number of carbonyl (C=O) groups excluding carboxylic acids is 1. The third-order valence-electron chi connectivity index (χ3n) is 5.49. The number of carbonyl (C=O) groups is 1. The van der Waals surface area contributed by atoms with Gasteiger partial charge in [0.25, 0.3) is 5.91 Å². The van der Waals surface area contributed by atoms with Crippen LogP contribution in [0.25, 0.3) is 0 Å². The number of halogens is 2. The third-order valence-corrected chi connectivity index (χ3v) is 5.49. The van der Waals surface area contributed by atoms with Crippen molar-refractivity contribution >= 4 is 5.91 Å². The molecule has 188 valence electrons. The van der Waals surface area contributed by atoms with E-state index in [2.05, 4.69) is 10.6 Å². The standard InChI is InChI=1S/C24H30F2N2O4.C2H6/c1-14-4-5-22-18(8-14)19(6-7-32-22)27-13-21(29)20(28-23(30)24(2,3)31)11-15-9-16(25)12-17(26)10-15;1-2/h4-5,8-10,12,19-21,27,29,31H,6-7,11,13H2,1-3H3,(H,28,30);1-2H3/t19?,20-,21+;/m0./s1. The Bertz CT molecular complexity index is 942. The molecule has 3 rings (SSSR count). The molecule has 0 saturated carbocycles. The summed E-state index contributed by atoms with van der Waals surface area (Å²) in [6, 6.07) is 8.06. The number of fused-ring (bicyclic) bond motifs is 1. The summed E-state index contributed by atoms with van der Waals surface area (Å²) >= 11 is 0. The molecular weight excluding hydrogens is 442 g/mol. The van der Waals surface area contributed by atoms with Gasteiger partial charge in [-0.15, -0.1) is 0 Å². The number of aliphatic hydroxyl groups is 2. The molecule has 1 unspecified atom stereocenters. The molecule has 0 aliphatic carbocycles. The Morgan fingerprint density at radius 2 is 1.82 bits per heavy atom. The van der Waals surface area contributed by atoms with Crippen molar-refractivity contribution in [3.63, 3.8) is 0 Å². The first-order chi connectivity index (χ1) is 16.0. The Morgan fingerprint density at radius 1 is 1.18 bits per heavy atom. The van der Waals surface area contributed by atoms with Crippen molar-refractivity contribution < 1.29 is 28.5 Å². The van der Waals surface area contributed by atoms with E-state index in [0.29, 0.717) is 13.0 Å². The van der Waals surface area contributed by atoms with Crippen LogP contribution in [-0.4, -0.2) is 47.0 Å². The molecule has 6 nitrogen and oxygen atoms in total. The van der Waals surface area contributed by atoms with Gasteiger partial charge in [0.05, 0.1) is 18.8 Å². The number of hydrogen-bond donors (Lipinski definition) is 4. The average molecular weight is 479 g/mol. The number of aryl methyl sites for hydroxylation is 1. The van der Waals surface area contributed by atoms with Crippen LogP contribution in [0.5, 0.6) is 5.75 Å². The lowest BCUT2D eigenvalue weighted by molar-refractivity contribution is -0.138. The topological polar surface area (TPSA) is 90.8 Å². The quantitative estimate of drug-likeness (QED) is 0.466. The van der Waals surface area contributed by atoms with E-state index in [4.69, 9.17) is 4.74 Å². The van der Waals surface area contributed by atoms with Gasteiger partial charge in [0.15, 0.2) is 0 Å². The Hall–Kier alpha value is -2.55. The van der Waals surface area contributed by atoms with E-state index in [9.17, 15) is 23.8 Å². The van der Waals surface area contributed by atoms with Gasteiger partial charge in [-0.3, -0.25) is 4.79 Å². The summed E-state index contributed by atoms with van der Waals surface area (Å²) in [6.45, 7) is 9.29. The van der Waals surface area contributed by atoms with Crippen LogP contribution in [0.4, 0.5) is 8.78 Å². The molecule has 8 heteroatoms. The first kappa shape index (κ1) is 27.7. The Balaban J connectivity index is 0.00000199. The molecule has 0 aromatic heterocycles. The van der Waals surface area contributed by atoms with Gasteiger partial charge in [-0.1, -0.05) is 31.5 Å². The molecule has 3 atom stereocenters. The highest BCUT2D eigenvalue weighted by Gasteiger charge is 2.30. The van der Waals surface area contributed by atoms with Gasteiger partial charge in [0.1, 0.15) is 23.0 Å². The minimum atomic E-state index is -1.67. The van der Waals surface area contributed by atoms with Crippen LogP contribution < -0.4 is 15.4 Å². The summed E-state index contributed by atoms with van der Waals surface area (Å²) in [7, 11) is 0. The fraction of sp³-hybridized carbons (Fsp3) is 0.500. The maximum absolute atomic E-state index is 13.6. The summed E-state index contributed by atoms with van der Waals surface area (Å²) in [6.07, 6.45) is -0.384. The molecular formula is C26H36F2N2O4. The number of benzene rings is 2. The van der Waals surface area contributed by atoms with Gasteiger partial charge < -0.3 is 25.6 Å². The molecule has 0 saturated heterocycles. The van der Waals surface area contributed by atoms with Crippen LogP contribution in [0.3, 0.4) is 0 Å². The Labute approximate surface area is 200 Å². The maximum Gasteiger partial charge on any atom is 0.251 e. The van der Waals surface area contributed by atoms with E-state index >= 15 is 0 Å². The Kier molecular flexibility index (Phi) is 9.97. The smallest absolute Gasteiger partial charge is 0.251 e. The van der Waals surface area contributed by atoms with Crippen molar-refractivity contribution in [1.29, 1.82) is 0 Å². The van der Waals surface area contributed by atoms with Gasteiger partial charge in [0.2, 0.25) is 0 Å². The van der Waals surface area contributed by atoms with Crippen LogP contribution in [0.2, 0.25) is 0 Å². The number of aliphatic hydroxyl groups excluding tert-OH is 1. The van der Waals surface area contributed by atoms with Gasteiger partial charge in [-0.2, -0.15) is 0 Å². The third kappa shape index (κ3) is 7.75. The van der Waals surface area contributed by atoms with Crippen molar-refractivity contribution in [3.05, 3.63) is 64.7 Å². The predicted octanol–water partition coefficient (Wildman–Crippen LogP) is 3.57. The SMILES string of the molecule is CC.Cc1ccc2c(c1)C(NC[C@@H](O)[C@H](Cc1cc(F)cc(F)c1)NC(=O)C(C)(C)O)CCO2. The first-order valence-corrected chi connectivity index (χ1v) is 11.7. The normalized spacial score (nSPS) is 16.9. The summed E-state index contributed by atoms with van der Waals surface area (Å²) in [5, 5.41) is 26.8. The van der Waals surface area contributed by atoms with Crippen LogP contribution >= 0.6 is 0 Å². The second-order valence-corrected chi connectivity index (χ2v) is 8.83. The molecule has 2 aromatic carbocycles. The molecule has 0 fully saturated rings. The number of amides is 1. The van der Waals surface area contributed by atoms with Crippen LogP contribution in [-0.2, 0) is 11.2 Å². The molecule has 4 N–H and O–H groups in total. The second kappa shape index (κ2) is 12.2. The van der Waals surface area contributed by atoms with Crippen molar-refractivity contribution in [1.82, 2.24) is 10.6 Å². The van der Waals surface area contributed by atoms with E-state index in [0.717, 1.165) is 35.1 Å². The highest BCUT2D eigenvalue weighted by Crippen LogP contribution is 2.32. The van der Waals surface area contributed by atoms with Crippen molar-refractivity contribution in [3.8, 4) is 5.75 Å². The van der Waals surface area contributed by atoms with E-state index in [1.165, 1.54) is 13.8 Å². The molecule has 2 aromatic rings. The summed E-state index contributed by atoms with van der Waals surface area (Å²) in [4.78, 5) is 12.4. The van der Waals surface area contributed by atoms with Gasteiger partial charge >= 0.3 is 0 Å². The Morgan fingerprint density at radius 3 is 2.44 bits per heavy atom. The number of nitrogens with one attached hydrogen (secondary N) is 2. The predicted molar refractivity (Wildman–Crippen MR) is 128 cm³/mol. The molecule has 0 spiro atoms. The number of hydrogen-bond acceptors (Lipinski definition) is 5. The summed E-state index contributed by atoms with van der Waals surface area (Å²) < 4.78 is 33.0. The molecule has 1 aliphatic heterocycles. The monoisotopic (exact) mass is 478 g/mol. The zero-order valence-electron chi connectivity index (χ0n) is 20.5. The lowest BCUT2D eigenvalue weighted by atomic mass is 9.96. The zero-order chi connectivity index (χ0) is 25.5. The highest BCUT2D eigenvalue weighted by atomic mass is 19.1. The maximum atomic E-state index is 13.6. The first-order valence-electron chi connectivity index (χ1n) is 11.7. The summed E-state index contributed by atoms with van der Waals surface area (Å²) in [5.41, 5.74) is 0.697. The molecule has 34 heavy (non-hydrogen) atoms. The zero-order valence-corrected chi connectivity index (χ0v) is 20.5. The van der Waals surface area contributed by atoms with E-state index in [1.807, 2.05) is 39.0 Å². The van der Waals surface area contributed by atoms with E-state index in [-0.39, 0.29) is 24.6 Å². The van der Waals surface area contributed by atoms with Crippen LogP contribution in [0.15, 0.2) is 36.4 Å². The molecule has 0 bridgehead atoms. The molecule has 1 aliphatic rings. The fourth-order valence-corrected chi connectivity index (χ4v) is 3.74. The minimum Gasteiger partial charge on any atom is -0.493 e. The lowest BCUT2D eigenvalue weighted by Crippen LogP contribution is -2.54. The van der Waals surface area contributed by atoms with Gasteiger partial charge in [0, 0.05) is 30.6 Å². The number of rotatable bonds is 8. The highest BCUT2D eigenvalue weighted by molar-refractivity contribution is 5.84. The van der Waals surface area contributed by atoms with Crippen LogP contribution in [0, 0.1) is 18.6 Å². The van der Waals surface area contributed by atoms with Crippen LogP contribution in [0.1, 0.15) is 56.8 Å². The second-order valence-electron chi connectivity index (χ2n) is 8.83. The largest absolute Gasteiger partial charge is 0.493 e. The molecule has 0 radical (unpaired) electrons. The van der Waals surface area contributed by atoms with E-state index in [1.54, 1.807) is 0 Å². The summed E-state index contributed by atoms with van der Waals surface area (Å²) in [5.74, 6) is -1.38. The van der Waals surface area contributed by atoms with Crippen molar-refractivity contribution in [2.24, 2.45) is 0 Å². The van der Waals surface area contributed by atoms with Gasteiger partial charge in [-0.25, -0.2) is 8.78 Å².